The first-order valence-electron chi connectivity index (χ1n) is 11.4. The van der Waals surface area contributed by atoms with Gasteiger partial charge in [0.1, 0.15) is 11.4 Å². The van der Waals surface area contributed by atoms with Gasteiger partial charge in [0.25, 0.3) is 0 Å². The molecule has 2 aliphatic heterocycles. The Labute approximate surface area is 203 Å². The average Bonchev–Trinajstić information content (AvgIpc) is 3.00. The highest BCUT2D eigenvalue weighted by molar-refractivity contribution is 6.31. The van der Waals surface area contributed by atoms with Gasteiger partial charge in [0.05, 0.1) is 17.5 Å². The SMILES string of the molecule is CC1(C)CCc2cc([C@]3(C)C(=O)N(c4ccc(CC(=O)O)cc4)c4ccc(Cl)cc43)ccc2O1. The van der Waals surface area contributed by atoms with Crippen molar-refractivity contribution >= 4 is 34.9 Å². The van der Waals surface area contributed by atoms with Crippen molar-refractivity contribution in [1.82, 2.24) is 0 Å². The van der Waals surface area contributed by atoms with Crippen LogP contribution in [-0.4, -0.2) is 22.6 Å². The third-order valence-electron chi connectivity index (χ3n) is 6.94. The average molecular weight is 476 g/mol. The van der Waals surface area contributed by atoms with Crippen LogP contribution in [0.1, 0.15) is 49.4 Å². The summed E-state index contributed by atoms with van der Waals surface area (Å²) in [4.78, 5) is 26.8. The Balaban J connectivity index is 1.60. The largest absolute Gasteiger partial charge is 0.488 e. The number of fused-ring (bicyclic) bond motifs is 2. The lowest BCUT2D eigenvalue weighted by atomic mass is 9.76. The van der Waals surface area contributed by atoms with Crippen LogP contribution in [0.25, 0.3) is 0 Å². The third-order valence-corrected chi connectivity index (χ3v) is 7.17. The molecule has 0 radical (unpaired) electrons. The van der Waals surface area contributed by atoms with Gasteiger partial charge in [-0.25, -0.2) is 0 Å². The van der Waals surface area contributed by atoms with Crippen LogP contribution >= 0.6 is 11.6 Å². The molecule has 1 amide bonds. The summed E-state index contributed by atoms with van der Waals surface area (Å²) in [6, 6.07) is 18.6. The number of nitrogens with zero attached hydrogens (tertiary/aromatic N) is 1. The number of carboxylic acids is 1. The fourth-order valence-corrected chi connectivity index (χ4v) is 5.17. The van der Waals surface area contributed by atoms with E-state index in [4.69, 9.17) is 21.4 Å². The van der Waals surface area contributed by atoms with E-state index < -0.39 is 11.4 Å². The van der Waals surface area contributed by atoms with Crippen molar-refractivity contribution in [1.29, 1.82) is 0 Å². The lowest BCUT2D eigenvalue weighted by molar-refractivity contribution is -0.136. The summed E-state index contributed by atoms with van der Waals surface area (Å²) < 4.78 is 6.16. The Morgan fingerprint density at radius 1 is 1.06 bits per heavy atom. The molecule has 174 valence electrons. The smallest absolute Gasteiger partial charge is 0.307 e. The highest BCUT2D eigenvalue weighted by Crippen LogP contribution is 2.50. The lowest BCUT2D eigenvalue weighted by Gasteiger charge is -2.34. The molecule has 0 aromatic heterocycles. The number of carboxylic acid groups (broad SMARTS) is 1. The number of carbonyl (C=O) groups is 2. The van der Waals surface area contributed by atoms with Crippen molar-refractivity contribution in [2.45, 2.75) is 51.0 Å². The first kappa shape index (κ1) is 22.5. The minimum Gasteiger partial charge on any atom is -0.488 e. The Morgan fingerprint density at radius 2 is 1.79 bits per heavy atom. The molecular weight excluding hydrogens is 450 g/mol. The molecule has 0 spiro atoms. The number of amides is 1. The monoisotopic (exact) mass is 475 g/mol. The number of rotatable bonds is 4. The quantitative estimate of drug-likeness (QED) is 0.498. The Kier molecular flexibility index (Phi) is 5.21. The van der Waals surface area contributed by atoms with E-state index in [0.717, 1.165) is 41.0 Å². The summed E-state index contributed by atoms with van der Waals surface area (Å²) in [6.45, 7) is 6.12. The Bertz CT molecular complexity index is 1310. The minimum absolute atomic E-state index is 0.0634. The molecule has 3 aromatic rings. The van der Waals surface area contributed by atoms with Gasteiger partial charge >= 0.3 is 5.97 Å². The molecule has 34 heavy (non-hydrogen) atoms. The Morgan fingerprint density at radius 3 is 2.50 bits per heavy atom. The summed E-state index contributed by atoms with van der Waals surface area (Å²) in [5.74, 6) is -0.101. The van der Waals surface area contributed by atoms with Gasteiger partial charge < -0.3 is 9.84 Å². The molecule has 1 atom stereocenters. The molecule has 6 heteroatoms. The molecule has 2 aliphatic rings. The van der Waals surface area contributed by atoms with E-state index in [0.29, 0.717) is 16.3 Å². The number of benzene rings is 3. The maximum absolute atomic E-state index is 14.1. The zero-order valence-electron chi connectivity index (χ0n) is 19.4. The number of carbonyl (C=O) groups excluding carboxylic acids is 1. The fourth-order valence-electron chi connectivity index (χ4n) is 4.99. The van der Waals surface area contributed by atoms with E-state index in [2.05, 4.69) is 19.9 Å². The van der Waals surface area contributed by atoms with Crippen LogP contribution in [-0.2, 0) is 27.8 Å². The maximum Gasteiger partial charge on any atom is 0.307 e. The molecule has 0 unspecified atom stereocenters. The van der Waals surface area contributed by atoms with E-state index >= 15 is 0 Å². The second-order valence-electron chi connectivity index (χ2n) is 9.85. The molecule has 5 rings (SSSR count). The van der Waals surface area contributed by atoms with Crippen LogP contribution in [0.3, 0.4) is 0 Å². The molecule has 3 aromatic carbocycles. The highest BCUT2D eigenvalue weighted by atomic mass is 35.5. The van der Waals surface area contributed by atoms with Gasteiger partial charge in [-0.15, -0.1) is 0 Å². The molecule has 2 heterocycles. The molecular formula is C28H26ClNO4. The number of aryl methyl sites for hydroxylation is 1. The number of ether oxygens (including phenoxy) is 1. The van der Waals surface area contributed by atoms with Crippen molar-refractivity contribution in [3.63, 3.8) is 0 Å². The molecule has 1 N–H and O–H groups in total. The topological polar surface area (TPSA) is 66.8 Å². The van der Waals surface area contributed by atoms with Crippen molar-refractivity contribution in [2.75, 3.05) is 4.90 Å². The van der Waals surface area contributed by atoms with Gasteiger partial charge in [-0.05, 0) is 92.3 Å². The van der Waals surface area contributed by atoms with Crippen molar-refractivity contribution in [3.05, 3.63) is 87.9 Å². The van der Waals surface area contributed by atoms with E-state index in [1.807, 2.05) is 31.2 Å². The zero-order valence-corrected chi connectivity index (χ0v) is 20.1. The standard InChI is InChI=1S/C28H26ClNO4/c1-27(2)13-12-18-15-19(6-11-24(18)34-27)28(3)22-16-20(29)7-10-23(22)30(26(28)33)21-8-4-17(5-9-21)14-25(31)32/h4-11,15-16H,12-14H2,1-3H3,(H,31,32)/t28-/m0/s1. The predicted octanol–water partition coefficient (Wildman–Crippen LogP) is 6.06. The predicted molar refractivity (Wildman–Crippen MR) is 132 cm³/mol. The molecule has 0 aliphatic carbocycles. The van der Waals surface area contributed by atoms with Crippen LogP contribution in [0.4, 0.5) is 11.4 Å². The minimum atomic E-state index is -0.929. The van der Waals surface area contributed by atoms with Crippen molar-refractivity contribution in [3.8, 4) is 5.75 Å². The van der Waals surface area contributed by atoms with Gasteiger partial charge in [0.2, 0.25) is 5.91 Å². The first-order chi connectivity index (χ1) is 16.1. The number of hydrogen-bond acceptors (Lipinski definition) is 3. The van der Waals surface area contributed by atoms with E-state index in [-0.39, 0.29) is 17.9 Å². The van der Waals surface area contributed by atoms with Crippen molar-refractivity contribution in [2.24, 2.45) is 0 Å². The zero-order chi connectivity index (χ0) is 24.3. The summed E-state index contributed by atoms with van der Waals surface area (Å²) in [5.41, 5.74) is 3.86. The van der Waals surface area contributed by atoms with Crippen LogP contribution in [0.2, 0.25) is 5.02 Å². The van der Waals surface area contributed by atoms with Crippen molar-refractivity contribution < 1.29 is 19.4 Å². The number of aliphatic carboxylic acids is 1. The highest BCUT2D eigenvalue weighted by Gasteiger charge is 2.49. The van der Waals surface area contributed by atoms with E-state index in [1.165, 1.54) is 0 Å². The molecule has 0 fully saturated rings. The van der Waals surface area contributed by atoms with Crippen LogP contribution in [0.15, 0.2) is 60.7 Å². The number of hydrogen-bond donors (Lipinski definition) is 1. The Hall–Kier alpha value is -3.31. The van der Waals surface area contributed by atoms with Crippen LogP contribution in [0, 0.1) is 0 Å². The van der Waals surface area contributed by atoms with Crippen LogP contribution < -0.4 is 9.64 Å². The molecule has 0 bridgehead atoms. The summed E-state index contributed by atoms with van der Waals surface area (Å²) in [7, 11) is 0. The van der Waals surface area contributed by atoms with Gasteiger partial charge in [0, 0.05) is 10.7 Å². The van der Waals surface area contributed by atoms with Gasteiger partial charge in [0.15, 0.2) is 0 Å². The van der Waals surface area contributed by atoms with E-state index in [1.54, 1.807) is 35.2 Å². The molecule has 0 saturated carbocycles. The second kappa shape index (κ2) is 7.88. The van der Waals surface area contributed by atoms with Crippen LogP contribution in [0.5, 0.6) is 5.75 Å². The molecule has 0 saturated heterocycles. The van der Waals surface area contributed by atoms with Gasteiger partial charge in [-0.2, -0.15) is 0 Å². The first-order valence-corrected chi connectivity index (χ1v) is 11.7. The number of anilines is 2. The summed E-state index contributed by atoms with van der Waals surface area (Å²) in [6.07, 6.45) is 1.73. The lowest BCUT2D eigenvalue weighted by Crippen LogP contribution is -2.37. The second-order valence-corrected chi connectivity index (χ2v) is 10.3. The fraction of sp³-hybridized carbons (Fsp3) is 0.286. The summed E-state index contributed by atoms with van der Waals surface area (Å²) >= 11 is 6.39. The van der Waals surface area contributed by atoms with Gasteiger partial charge in [-0.1, -0.05) is 35.9 Å². The third kappa shape index (κ3) is 3.64. The maximum atomic E-state index is 14.1. The summed E-state index contributed by atoms with van der Waals surface area (Å²) in [5, 5.41) is 9.64. The normalized spacial score (nSPS) is 20.5. The number of halogens is 1. The van der Waals surface area contributed by atoms with Gasteiger partial charge in [-0.3, -0.25) is 14.5 Å². The molecule has 5 nitrogen and oxygen atoms in total. The van der Waals surface area contributed by atoms with E-state index in [9.17, 15) is 9.59 Å².